The zero-order valence-corrected chi connectivity index (χ0v) is 36.4. The topological polar surface area (TPSA) is 97.7 Å². The standard InChI is InChI=1S/2C21H36O3S.Na/c1-2-3-4-5-6-7-8-9-10-11-12-13-17-20-24-25(22,23)21-18-15-14-16-19-21;1-2-3-4-5-6-7-8-9-10-11-12-13-14-17-20-18-15-16-19-21(20)25(22,23)24;/h14-16,18-19H,2-13,17,20H2,1H3;15-16,18-19H,2-14,17H2,1H3,(H,22,23,24);. The van der Waals surface area contributed by atoms with Gasteiger partial charge in [0, 0.05) is 29.6 Å². The molecule has 0 aliphatic carbocycles. The van der Waals surface area contributed by atoms with Gasteiger partial charge in [0.1, 0.15) is 0 Å². The van der Waals surface area contributed by atoms with E-state index in [0.717, 1.165) is 31.2 Å². The fraction of sp³-hybridized carbons (Fsp3) is 0.714. The van der Waals surface area contributed by atoms with Crippen molar-refractivity contribution < 1.29 is 25.6 Å². The summed E-state index contributed by atoms with van der Waals surface area (Å²) < 4.78 is 60.9. The average molecular weight is 760 g/mol. The SMILES string of the molecule is CCCCCCCCCCCCCCCOS(=O)(=O)c1ccccc1.CCCCCCCCCCCCCCCc1ccccc1S(=O)(=O)O.[Na]. The van der Waals surface area contributed by atoms with E-state index in [1.54, 1.807) is 42.5 Å². The molecule has 1 N–H and O–H groups in total. The number of hydrogen-bond donors (Lipinski definition) is 1. The Labute approximate surface area is 336 Å². The van der Waals surface area contributed by atoms with E-state index in [0.29, 0.717) is 6.42 Å². The molecule has 0 unspecified atom stereocenters. The summed E-state index contributed by atoms with van der Waals surface area (Å²) in [5.74, 6) is 0. The van der Waals surface area contributed by atoms with Crippen molar-refractivity contribution in [3.8, 4) is 0 Å². The van der Waals surface area contributed by atoms with Crippen molar-refractivity contribution in [1.29, 1.82) is 0 Å². The van der Waals surface area contributed by atoms with E-state index in [1.807, 2.05) is 6.07 Å². The molecule has 0 bridgehead atoms. The van der Waals surface area contributed by atoms with Crippen LogP contribution in [0.3, 0.4) is 0 Å². The summed E-state index contributed by atoms with van der Waals surface area (Å²) >= 11 is 0. The van der Waals surface area contributed by atoms with Gasteiger partial charge < -0.3 is 0 Å². The molecule has 51 heavy (non-hydrogen) atoms. The molecule has 289 valence electrons. The number of hydrogen-bond acceptors (Lipinski definition) is 5. The second-order valence-electron chi connectivity index (χ2n) is 13.9. The molecular weight excluding hydrogens is 688 g/mol. The van der Waals surface area contributed by atoms with Gasteiger partial charge in [0.25, 0.3) is 20.2 Å². The molecule has 6 nitrogen and oxygen atoms in total. The molecule has 0 saturated carbocycles. The van der Waals surface area contributed by atoms with Gasteiger partial charge in [-0.25, -0.2) is 0 Å². The van der Waals surface area contributed by atoms with Gasteiger partial charge in [0.15, 0.2) is 0 Å². The monoisotopic (exact) mass is 759 g/mol. The maximum absolute atomic E-state index is 11.9. The number of aryl methyl sites for hydroxylation is 1. The molecule has 0 aliphatic rings. The van der Waals surface area contributed by atoms with Crippen molar-refractivity contribution in [2.45, 2.75) is 197 Å². The molecule has 0 aromatic heterocycles. The van der Waals surface area contributed by atoms with Gasteiger partial charge in [-0.15, -0.1) is 0 Å². The second-order valence-corrected chi connectivity index (χ2v) is 16.9. The Kier molecular flexibility index (Phi) is 33.3. The minimum atomic E-state index is -4.10. The first-order valence-electron chi connectivity index (χ1n) is 20.2. The largest absolute Gasteiger partial charge is 0.296 e. The summed E-state index contributed by atoms with van der Waals surface area (Å²) in [7, 11) is -7.68. The summed E-state index contributed by atoms with van der Waals surface area (Å²) in [6, 6.07) is 15.1. The van der Waals surface area contributed by atoms with E-state index >= 15 is 0 Å². The average Bonchev–Trinajstić information content (AvgIpc) is 3.11. The molecule has 0 fully saturated rings. The maximum Gasteiger partial charge on any atom is 0.296 e. The minimum Gasteiger partial charge on any atom is -0.282 e. The second kappa shape index (κ2) is 33.8. The molecule has 1 radical (unpaired) electrons. The van der Waals surface area contributed by atoms with Gasteiger partial charge in [-0.1, -0.05) is 204 Å². The quantitative estimate of drug-likeness (QED) is 0.0356. The van der Waals surface area contributed by atoms with E-state index in [1.165, 1.54) is 147 Å². The summed E-state index contributed by atoms with van der Waals surface area (Å²) in [5.41, 5.74) is 0.730. The van der Waals surface area contributed by atoms with Crippen LogP contribution in [0.2, 0.25) is 0 Å². The van der Waals surface area contributed by atoms with Crippen molar-refractivity contribution in [1.82, 2.24) is 0 Å². The van der Waals surface area contributed by atoms with Crippen LogP contribution in [0.15, 0.2) is 64.4 Å². The van der Waals surface area contributed by atoms with Crippen LogP contribution in [0.1, 0.15) is 186 Å². The predicted molar refractivity (Wildman–Crippen MR) is 217 cm³/mol. The molecule has 0 aliphatic heterocycles. The van der Waals surface area contributed by atoms with Crippen molar-refractivity contribution in [2.75, 3.05) is 6.61 Å². The zero-order chi connectivity index (χ0) is 36.6. The fourth-order valence-electron chi connectivity index (χ4n) is 6.24. The molecule has 9 heteroatoms. The Bertz CT molecular complexity index is 1270. The van der Waals surface area contributed by atoms with E-state index in [-0.39, 0.29) is 46.0 Å². The molecule has 0 heterocycles. The van der Waals surface area contributed by atoms with Crippen LogP contribution >= 0.6 is 0 Å². The maximum atomic E-state index is 11.9. The van der Waals surface area contributed by atoms with Crippen molar-refractivity contribution >= 4 is 49.8 Å². The van der Waals surface area contributed by atoms with Gasteiger partial charge in [0.2, 0.25) is 0 Å². The van der Waals surface area contributed by atoms with E-state index < -0.39 is 20.2 Å². The van der Waals surface area contributed by atoms with Crippen LogP contribution in [0.4, 0.5) is 0 Å². The first-order valence-corrected chi connectivity index (χ1v) is 23.1. The third-order valence-corrected chi connectivity index (χ3v) is 11.6. The van der Waals surface area contributed by atoms with Gasteiger partial charge in [-0.05, 0) is 43.0 Å². The van der Waals surface area contributed by atoms with E-state index in [9.17, 15) is 21.4 Å². The van der Waals surface area contributed by atoms with Crippen molar-refractivity contribution in [2.24, 2.45) is 0 Å². The molecule has 2 aromatic rings. The van der Waals surface area contributed by atoms with Crippen molar-refractivity contribution in [3.63, 3.8) is 0 Å². The first kappa shape index (κ1) is 50.3. The molecule has 2 aromatic carbocycles. The van der Waals surface area contributed by atoms with Crippen molar-refractivity contribution in [3.05, 3.63) is 60.2 Å². The minimum absolute atomic E-state index is 0. The third-order valence-electron chi connectivity index (χ3n) is 9.32. The normalized spacial score (nSPS) is 11.5. The summed E-state index contributed by atoms with van der Waals surface area (Å²) in [6.07, 6.45) is 34.2. The number of rotatable bonds is 31. The zero-order valence-electron chi connectivity index (χ0n) is 32.8. The Morgan fingerprint density at radius 2 is 0.824 bits per heavy atom. The Balaban J connectivity index is 0.000000962. The van der Waals surface area contributed by atoms with Crippen LogP contribution in [-0.2, 0) is 30.8 Å². The fourth-order valence-corrected chi connectivity index (χ4v) is 7.95. The van der Waals surface area contributed by atoms with Gasteiger partial charge in [-0.2, -0.15) is 16.8 Å². The predicted octanol–water partition coefficient (Wildman–Crippen LogP) is 12.7. The molecule has 0 spiro atoms. The molecular formula is C42H72NaO6S2. The van der Waals surface area contributed by atoms with Gasteiger partial charge in [0.05, 0.1) is 16.4 Å². The molecule has 2 rings (SSSR count). The van der Waals surface area contributed by atoms with Crippen LogP contribution in [-0.4, -0.2) is 57.6 Å². The van der Waals surface area contributed by atoms with E-state index in [2.05, 4.69) is 13.8 Å². The Hall–Kier alpha value is -0.740. The molecule has 0 amide bonds. The summed E-state index contributed by atoms with van der Waals surface area (Å²) in [5, 5.41) is 0. The third kappa shape index (κ3) is 28.4. The van der Waals surface area contributed by atoms with Crippen LogP contribution in [0, 0.1) is 0 Å². The summed E-state index contributed by atoms with van der Waals surface area (Å²) in [6.45, 7) is 4.80. The van der Waals surface area contributed by atoms with Gasteiger partial charge >= 0.3 is 0 Å². The van der Waals surface area contributed by atoms with Crippen LogP contribution in [0.5, 0.6) is 0 Å². The molecule has 0 atom stereocenters. The van der Waals surface area contributed by atoms with Gasteiger partial charge in [-0.3, -0.25) is 8.74 Å². The number of benzene rings is 2. The summed E-state index contributed by atoms with van der Waals surface area (Å²) in [4.78, 5) is 0.304. The first-order chi connectivity index (χ1) is 24.2. The van der Waals surface area contributed by atoms with E-state index in [4.69, 9.17) is 4.18 Å². The smallest absolute Gasteiger partial charge is 0.282 e. The Morgan fingerprint density at radius 1 is 0.471 bits per heavy atom. The Morgan fingerprint density at radius 3 is 1.24 bits per heavy atom. The van der Waals surface area contributed by atoms with Crippen LogP contribution < -0.4 is 0 Å². The number of unbranched alkanes of at least 4 members (excludes halogenated alkanes) is 24. The molecule has 0 saturated heterocycles. The van der Waals surface area contributed by atoms with Crippen LogP contribution in [0.25, 0.3) is 0 Å².